The lowest BCUT2D eigenvalue weighted by atomic mass is 10.2. The van der Waals surface area contributed by atoms with Gasteiger partial charge in [-0.1, -0.05) is 0 Å². The summed E-state index contributed by atoms with van der Waals surface area (Å²) in [5.74, 6) is 0. The first-order valence-electron chi connectivity index (χ1n) is 5.25. The van der Waals surface area contributed by atoms with Crippen molar-refractivity contribution in [3.63, 3.8) is 0 Å². The molecule has 1 fully saturated rings. The molecular formula is C11H16BrN3. The van der Waals surface area contributed by atoms with Crippen molar-refractivity contribution in [3.8, 4) is 0 Å². The molecule has 0 amide bonds. The molecule has 2 heterocycles. The van der Waals surface area contributed by atoms with E-state index in [0.717, 1.165) is 24.2 Å². The number of piperazine rings is 1. The standard InChI is InChI=1S/C11H16BrN3/c1-14-4-6-15(7-5-14)9-10-2-3-13-11(12)8-10/h2-3,8H,4-7,9H2,1H3. The van der Waals surface area contributed by atoms with E-state index in [9.17, 15) is 0 Å². The van der Waals surface area contributed by atoms with Gasteiger partial charge in [0.1, 0.15) is 4.60 Å². The molecule has 1 saturated heterocycles. The Hall–Kier alpha value is -0.450. The summed E-state index contributed by atoms with van der Waals surface area (Å²) in [7, 11) is 2.18. The molecule has 82 valence electrons. The van der Waals surface area contributed by atoms with Crippen LogP contribution in [0.15, 0.2) is 22.9 Å². The van der Waals surface area contributed by atoms with Gasteiger partial charge in [0.25, 0.3) is 0 Å². The molecule has 1 aliphatic heterocycles. The SMILES string of the molecule is CN1CCN(Cc2ccnc(Br)c2)CC1. The van der Waals surface area contributed by atoms with E-state index in [2.05, 4.69) is 49.9 Å². The van der Waals surface area contributed by atoms with E-state index in [0.29, 0.717) is 0 Å². The molecule has 0 atom stereocenters. The molecule has 1 aromatic rings. The van der Waals surface area contributed by atoms with Gasteiger partial charge in [0, 0.05) is 38.9 Å². The Kier molecular flexibility index (Phi) is 3.72. The molecule has 2 rings (SSSR count). The maximum absolute atomic E-state index is 4.13. The van der Waals surface area contributed by atoms with Gasteiger partial charge in [0.05, 0.1) is 0 Å². The van der Waals surface area contributed by atoms with Crippen LogP contribution in [0, 0.1) is 0 Å². The molecular weight excluding hydrogens is 254 g/mol. The summed E-state index contributed by atoms with van der Waals surface area (Å²) in [6, 6.07) is 4.18. The van der Waals surface area contributed by atoms with Gasteiger partial charge < -0.3 is 4.90 Å². The highest BCUT2D eigenvalue weighted by molar-refractivity contribution is 9.10. The van der Waals surface area contributed by atoms with Crippen LogP contribution in [0.4, 0.5) is 0 Å². The lowest BCUT2D eigenvalue weighted by Gasteiger charge is -2.32. The molecule has 1 aromatic heterocycles. The van der Waals surface area contributed by atoms with Gasteiger partial charge in [-0.3, -0.25) is 4.90 Å². The second-order valence-electron chi connectivity index (χ2n) is 4.07. The van der Waals surface area contributed by atoms with E-state index in [1.807, 2.05) is 6.20 Å². The fourth-order valence-corrected chi connectivity index (χ4v) is 2.22. The van der Waals surface area contributed by atoms with Crippen LogP contribution in [0.1, 0.15) is 5.56 Å². The van der Waals surface area contributed by atoms with Gasteiger partial charge in [-0.25, -0.2) is 4.98 Å². The number of aromatic nitrogens is 1. The van der Waals surface area contributed by atoms with Crippen molar-refractivity contribution in [2.45, 2.75) is 6.54 Å². The van der Waals surface area contributed by atoms with Crippen LogP contribution in [0.3, 0.4) is 0 Å². The lowest BCUT2D eigenvalue weighted by molar-refractivity contribution is 0.148. The fourth-order valence-electron chi connectivity index (χ4n) is 1.81. The summed E-state index contributed by atoms with van der Waals surface area (Å²) in [6.07, 6.45) is 1.86. The lowest BCUT2D eigenvalue weighted by Crippen LogP contribution is -2.43. The van der Waals surface area contributed by atoms with Crippen LogP contribution in [0.2, 0.25) is 0 Å². The Morgan fingerprint density at radius 2 is 2.07 bits per heavy atom. The second kappa shape index (κ2) is 5.05. The summed E-state index contributed by atoms with van der Waals surface area (Å²) in [4.78, 5) is 9.00. The number of pyridine rings is 1. The zero-order valence-electron chi connectivity index (χ0n) is 8.99. The van der Waals surface area contributed by atoms with E-state index in [1.54, 1.807) is 0 Å². The van der Waals surface area contributed by atoms with Crippen molar-refractivity contribution in [1.29, 1.82) is 0 Å². The van der Waals surface area contributed by atoms with E-state index in [-0.39, 0.29) is 0 Å². The molecule has 3 nitrogen and oxygen atoms in total. The molecule has 1 aliphatic rings. The number of halogens is 1. The van der Waals surface area contributed by atoms with Crippen molar-refractivity contribution in [3.05, 3.63) is 28.5 Å². The third-order valence-corrected chi connectivity index (χ3v) is 3.23. The molecule has 0 bridgehead atoms. The Morgan fingerprint density at radius 3 is 2.73 bits per heavy atom. The monoisotopic (exact) mass is 269 g/mol. The quantitative estimate of drug-likeness (QED) is 0.761. The van der Waals surface area contributed by atoms with E-state index in [4.69, 9.17) is 0 Å². The van der Waals surface area contributed by atoms with Crippen molar-refractivity contribution >= 4 is 15.9 Å². The van der Waals surface area contributed by atoms with Crippen molar-refractivity contribution in [1.82, 2.24) is 14.8 Å². The maximum atomic E-state index is 4.13. The zero-order chi connectivity index (χ0) is 10.7. The Morgan fingerprint density at radius 1 is 1.33 bits per heavy atom. The number of likely N-dealkylation sites (N-methyl/N-ethyl adjacent to an activating group) is 1. The minimum Gasteiger partial charge on any atom is -0.304 e. The Labute approximate surface area is 99.2 Å². The number of hydrogen-bond acceptors (Lipinski definition) is 3. The Bertz CT molecular complexity index is 321. The largest absolute Gasteiger partial charge is 0.304 e. The fraction of sp³-hybridized carbons (Fsp3) is 0.545. The molecule has 0 saturated carbocycles. The molecule has 15 heavy (non-hydrogen) atoms. The summed E-state index contributed by atoms with van der Waals surface area (Å²) < 4.78 is 0.925. The highest BCUT2D eigenvalue weighted by atomic mass is 79.9. The third kappa shape index (κ3) is 3.26. The van der Waals surface area contributed by atoms with Gasteiger partial charge in [-0.2, -0.15) is 0 Å². The van der Waals surface area contributed by atoms with E-state index in [1.165, 1.54) is 18.7 Å². The smallest absolute Gasteiger partial charge is 0.106 e. The van der Waals surface area contributed by atoms with Gasteiger partial charge in [-0.05, 0) is 40.7 Å². The summed E-state index contributed by atoms with van der Waals surface area (Å²) >= 11 is 3.40. The molecule has 0 aliphatic carbocycles. The average molecular weight is 270 g/mol. The maximum Gasteiger partial charge on any atom is 0.106 e. The molecule has 0 unspecified atom stereocenters. The first-order chi connectivity index (χ1) is 7.24. The molecule has 4 heteroatoms. The first kappa shape index (κ1) is 11.0. The van der Waals surface area contributed by atoms with Crippen LogP contribution < -0.4 is 0 Å². The number of nitrogens with zero attached hydrogens (tertiary/aromatic N) is 3. The highest BCUT2D eigenvalue weighted by Crippen LogP contribution is 2.11. The molecule has 0 aromatic carbocycles. The van der Waals surface area contributed by atoms with Crippen molar-refractivity contribution in [2.75, 3.05) is 33.2 Å². The van der Waals surface area contributed by atoms with Gasteiger partial charge in [0.2, 0.25) is 0 Å². The van der Waals surface area contributed by atoms with Crippen LogP contribution in [0.5, 0.6) is 0 Å². The van der Waals surface area contributed by atoms with E-state index < -0.39 is 0 Å². The van der Waals surface area contributed by atoms with Crippen molar-refractivity contribution < 1.29 is 0 Å². The van der Waals surface area contributed by atoms with Crippen LogP contribution >= 0.6 is 15.9 Å². The minimum atomic E-state index is 0.925. The number of hydrogen-bond donors (Lipinski definition) is 0. The molecule has 0 N–H and O–H groups in total. The summed E-state index contributed by atoms with van der Waals surface area (Å²) in [5, 5.41) is 0. The van der Waals surface area contributed by atoms with Gasteiger partial charge in [-0.15, -0.1) is 0 Å². The van der Waals surface area contributed by atoms with Gasteiger partial charge in [0.15, 0.2) is 0 Å². The van der Waals surface area contributed by atoms with Crippen LogP contribution in [-0.2, 0) is 6.54 Å². The predicted molar refractivity (Wildman–Crippen MR) is 64.7 cm³/mol. The third-order valence-electron chi connectivity index (χ3n) is 2.79. The summed E-state index contributed by atoms with van der Waals surface area (Å²) in [6.45, 7) is 5.71. The molecule has 0 radical (unpaired) electrons. The van der Waals surface area contributed by atoms with Crippen molar-refractivity contribution in [2.24, 2.45) is 0 Å². The topological polar surface area (TPSA) is 19.4 Å². The average Bonchev–Trinajstić information content (AvgIpc) is 2.22. The second-order valence-corrected chi connectivity index (χ2v) is 4.88. The first-order valence-corrected chi connectivity index (χ1v) is 6.05. The highest BCUT2D eigenvalue weighted by Gasteiger charge is 2.13. The predicted octanol–water partition coefficient (Wildman–Crippen LogP) is 1.59. The minimum absolute atomic E-state index is 0.925. The van der Waals surface area contributed by atoms with E-state index >= 15 is 0 Å². The normalized spacial score (nSPS) is 19.3. The molecule has 0 spiro atoms. The zero-order valence-corrected chi connectivity index (χ0v) is 10.6. The summed E-state index contributed by atoms with van der Waals surface area (Å²) in [5.41, 5.74) is 1.33. The number of rotatable bonds is 2. The van der Waals surface area contributed by atoms with Gasteiger partial charge >= 0.3 is 0 Å². The van der Waals surface area contributed by atoms with Crippen LogP contribution in [-0.4, -0.2) is 48.0 Å². The Balaban J connectivity index is 1.92. The van der Waals surface area contributed by atoms with Crippen LogP contribution in [0.25, 0.3) is 0 Å².